The van der Waals surface area contributed by atoms with Gasteiger partial charge in [0.1, 0.15) is 6.04 Å². The maximum Gasteiger partial charge on any atom is 0.326 e. The molecule has 0 radical (unpaired) electrons. The van der Waals surface area contributed by atoms with Gasteiger partial charge in [-0.15, -0.1) is 0 Å². The quantitative estimate of drug-likeness (QED) is 0.811. The Morgan fingerprint density at radius 1 is 1.43 bits per heavy atom. The number of nitrogens with one attached hydrogen (secondary N) is 1. The monoisotopic (exact) mass is 298 g/mol. The molecule has 2 amide bonds. The molecular weight excluding hydrogens is 272 g/mol. The number of rotatable bonds is 5. The van der Waals surface area contributed by atoms with Crippen molar-refractivity contribution in [3.05, 3.63) is 0 Å². The maximum absolute atomic E-state index is 12.3. The molecule has 2 aliphatic rings. The Morgan fingerprint density at radius 3 is 2.62 bits per heavy atom. The first-order valence-corrected chi connectivity index (χ1v) is 7.84. The molecule has 0 aromatic heterocycles. The van der Waals surface area contributed by atoms with E-state index in [2.05, 4.69) is 12.2 Å². The van der Waals surface area contributed by atoms with E-state index in [0.29, 0.717) is 25.4 Å². The molecule has 0 aromatic rings. The fourth-order valence-corrected chi connectivity index (χ4v) is 3.25. The first-order chi connectivity index (χ1) is 10.0. The van der Waals surface area contributed by atoms with Gasteiger partial charge in [-0.1, -0.05) is 13.3 Å². The number of hydrogen-bond donors (Lipinski definition) is 2. The van der Waals surface area contributed by atoms with Crippen molar-refractivity contribution in [2.75, 3.05) is 20.2 Å². The summed E-state index contributed by atoms with van der Waals surface area (Å²) in [6.07, 6.45) is 5.40. The van der Waals surface area contributed by atoms with E-state index >= 15 is 0 Å². The third-order valence-corrected chi connectivity index (χ3v) is 5.09. The highest BCUT2D eigenvalue weighted by Gasteiger charge is 2.39. The number of nitrogens with zero attached hydrogens (tertiary/aromatic N) is 1. The van der Waals surface area contributed by atoms with Crippen LogP contribution in [-0.2, 0) is 9.53 Å². The summed E-state index contributed by atoms with van der Waals surface area (Å²) in [7, 11) is 1.66. The third kappa shape index (κ3) is 3.48. The van der Waals surface area contributed by atoms with Crippen LogP contribution in [0.15, 0.2) is 0 Å². The van der Waals surface area contributed by atoms with Crippen molar-refractivity contribution in [2.24, 2.45) is 5.92 Å². The number of carboxylic acids is 1. The predicted molar refractivity (Wildman–Crippen MR) is 78.1 cm³/mol. The summed E-state index contributed by atoms with van der Waals surface area (Å²) in [6.45, 7) is 3.04. The minimum atomic E-state index is -0.909. The van der Waals surface area contributed by atoms with E-state index in [1.165, 1.54) is 4.90 Å². The van der Waals surface area contributed by atoms with Crippen LogP contribution in [0.4, 0.5) is 4.79 Å². The molecule has 2 unspecified atom stereocenters. The summed E-state index contributed by atoms with van der Waals surface area (Å²) < 4.78 is 5.47. The smallest absolute Gasteiger partial charge is 0.326 e. The molecule has 2 fully saturated rings. The molecular formula is C15H26N2O4. The number of amides is 2. The van der Waals surface area contributed by atoms with Crippen molar-refractivity contribution in [3.8, 4) is 0 Å². The van der Waals surface area contributed by atoms with Crippen LogP contribution in [0.5, 0.6) is 0 Å². The van der Waals surface area contributed by atoms with Gasteiger partial charge in [0.15, 0.2) is 0 Å². The Bertz CT molecular complexity index is 390. The molecule has 0 spiro atoms. The summed E-state index contributed by atoms with van der Waals surface area (Å²) in [6, 6.07) is -0.983. The lowest BCUT2D eigenvalue weighted by molar-refractivity contribution is -0.144. The van der Waals surface area contributed by atoms with E-state index < -0.39 is 12.0 Å². The van der Waals surface area contributed by atoms with Crippen molar-refractivity contribution >= 4 is 12.0 Å². The number of urea groups is 1. The van der Waals surface area contributed by atoms with Crippen LogP contribution in [0.3, 0.4) is 0 Å². The topological polar surface area (TPSA) is 78.9 Å². The molecule has 1 saturated heterocycles. The molecule has 1 aliphatic heterocycles. The van der Waals surface area contributed by atoms with Gasteiger partial charge in [0.25, 0.3) is 0 Å². The van der Waals surface area contributed by atoms with Gasteiger partial charge >= 0.3 is 12.0 Å². The van der Waals surface area contributed by atoms with Gasteiger partial charge in [-0.25, -0.2) is 9.59 Å². The van der Waals surface area contributed by atoms with Crippen molar-refractivity contribution in [2.45, 2.75) is 57.1 Å². The molecule has 1 aliphatic carbocycles. The van der Waals surface area contributed by atoms with E-state index in [-0.39, 0.29) is 11.6 Å². The molecule has 6 nitrogen and oxygen atoms in total. The van der Waals surface area contributed by atoms with Crippen molar-refractivity contribution < 1.29 is 19.4 Å². The number of piperidine rings is 1. The molecule has 2 atom stereocenters. The Morgan fingerprint density at radius 2 is 2.14 bits per heavy atom. The van der Waals surface area contributed by atoms with Gasteiger partial charge in [-0.05, 0) is 38.0 Å². The van der Waals surface area contributed by atoms with E-state index in [1.807, 2.05) is 0 Å². The van der Waals surface area contributed by atoms with Gasteiger partial charge in [-0.2, -0.15) is 0 Å². The number of likely N-dealkylation sites (tertiary alicyclic amines) is 1. The molecule has 2 N–H and O–H groups in total. The minimum Gasteiger partial charge on any atom is -0.480 e. The molecule has 2 rings (SSSR count). The maximum atomic E-state index is 12.3. The zero-order valence-electron chi connectivity index (χ0n) is 12.9. The summed E-state index contributed by atoms with van der Waals surface area (Å²) in [5.74, 6) is -0.513. The standard InChI is InChI=1S/C15H26N2O4/c1-3-11-5-8-17(12(9-11)13(18)19)14(20)16-10-15(21-2)6-4-7-15/h11-12H,3-10H2,1-2H3,(H,16,20)(H,18,19). The third-order valence-electron chi connectivity index (χ3n) is 5.09. The lowest BCUT2D eigenvalue weighted by Gasteiger charge is -2.42. The van der Waals surface area contributed by atoms with Crippen LogP contribution in [0.1, 0.15) is 45.4 Å². The Kier molecular flexibility index (Phi) is 5.08. The second-order valence-electron chi connectivity index (χ2n) is 6.25. The van der Waals surface area contributed by atoms with Crippen LogP contribution in [0.2, 0.25) is 0 Å². The molecule has 1 heterocycles. The largest absolute Gasteiger partial charge is 0.480 e. The molecule has 0 aromatic carbocycles. The zero-order chi connectivity index (χ0) is 15.5. The molecule has 0 bridgehead atoms. The average Bonchev–Trinajstić information content (AvgIpc) is 2.45. The van der Waals surface area contributed by atoms with Crippen LogP contribution in [0.25, 0.3) is 0 Å². The number of methoxy groups -OCH3 is 1. The van der Waals surface area contributed by atoms with Crippen LogP contribution in [0, 0.1) is 5.92 Å². The normalized spacial score (nSPS) is 27.8. The molecule has 21 heavy (non-hydrogen) atoms. The van der Waals surface area contributed by atoms with E-state index in [4.69, 9.17) is 4.74 Å². The van der Waals surface area contributed by atoms with E-state index in [0.717, 1.165) is 32.1 Å². The van der Waals surface area contributed by atoms with Gasteiger partial charge in [-0.3, -0.25) is 0 Å². The zero-order valence-corrected chi connectivity index (χ0v) is 12.9. The van der Waals surface area contributed by atoms with E-state index in [9.17, 15) is 14.7 Å². The first kappa shape index (κ1) is 16.1. The fourth-order valence-electron chi connectivity index (χ4n) is 3.25. The number of carboxylic acid groups (broad SMARTS) is 1. The predicted octanol–water partition coefficient (Wildman–Crippen LogP) is 1.84. The molecule has 6 heteroatoms. The van der Waals surface area contributed by atoms with Crippen molar-refractivity contribution in [1.82, 2.24) is 10.2 Å². The van der Waals surface area contributed by atoms with Gasteiger partial charge in [0.2, 0.25) is 0 Å². The average molecular weight is 298 g/mol. The van der Waals surface area contributed by atoms with Crippen molar-refractivity contribution in [3.63, 3.8) is 0 Å². The number of carbonyl (C=O) groups is 2. The minimum absolute atomic E-state index is 0.240. The Labute approximate surface area is 125 Å². The number of carbonyl (C=O) groups excluding carboxylic acids is 1. The second kappa shape index (κ2) is 6.64. The second-order valence-corrected chi connectivity index (χ2v) is 6.25. The van der Waals surface area contributed by atoms with Gasteiger partial charge in [0.05, 0.1) is 5.60 Å². The van der Waals surface area contributed by atoms with Crippen molar-refractivity contribution in [1.29, 1.82) is 0 Å². The van der Waals surface area contributed by atoms with Crippen LogP contribution < -0.4 is 5.32 Å². The molecule has 120 valence electrons. The highest BCUT2D eigenvalue weighted by molar-refractivity contribution is 5.83. The van der Waals surface area contributed by atoms with Crippen LogP contribution in [-0.4, -0.2) is 53.8 Å². The highest BCUT2D eigenvalue weighted by atomic mass is 16.5. The van der Waals surface area contributed by atoms with Gasteiger partial charge in [0, 0.05) is 20.2 Å². The lowest BCUT2D eigenvalue weighted by Crippen LogP contribution is -2.57. The molecule has 1 saturated carbocycles. The lowest BCUT2D eigenvalue weighted by atomic mass is 9.80. The summed E-state index contributed by atoms with van der Waals surface area (Å²) in [5, 5.41) is 12.2. The fraction of sp³-hybridized carbons (Fsp3) is 0.867. The summed E-state index contributed by atoms with van der Waals surface area (Å²) in [5.41, 5.74) is -0.240. The first-order valence-electron chi connectivity index (χ1n) is 7.84. The number of hydrogen-bond acceptors (Lipinski definition) is 3. The Hall–Kier alpha value is -1.30. The SMILES string of the molecule is CCC1CCN(C(=O)NCC2(OC)CCC2)C(C(=O)O)C1. The number of aliphatic carboxylic acids is 1. The van der Waals surface area contributed by atoms with Crippen LogP contribution >= 0.6 is 0 Å². The number of ether oxygens (including phenoxy) is 1. The highest BCUT2D eigenvalue weighted by Crippen LogP contribution is 2.34. The van der Waals surface area contributed by atoms with Gasteiger partial charge < -0.3 is 20.1 Å². The Balaban J connectivity index is 1.92. The summed E-state index contributed by atoms with van der Waals surface area (Å²) >= 11 is 0. The van der Waals surface area contributed by atoms with E-state index in [1.54, 1.807) is 7.11 Å². The summed E-state index contributed by atoms with van der Waals surface area (Å²) in [4.78, 5) is 25.2.